The number of nitrogens with zero attached hydrogens (tertiary/aromatic N) is 1. The maximum absolute atomic E-state index is 11.1. The van der Waals surface area contributed by atoms with E-state index in [4.69, 9.17) is 21.4 Å². The van der Waals surface area contributed by atoms with Gasteiger partial charge in [0.25, 0.3) is 0 Å². The number of carboxylic acid groups (broad SMARTS) is 1. The third kappa shape index (κ3) is 1.16. The summed E-state index contributed by atoms with van der Waals surface area (Å²) in [4.78, 5) is 23.2. The molecule has 0 radical (unpaired) electrons. The van der Waals surface area contributed by atoms with Crippen LogP contribution in [0.1, 0.15) is 6.42 Å². The van der Waals surface area contributed by atoms with E-state index >= 15 is 0 Å². The lowest BCUT2D eigenvalue weighted by atomic mass is 10.1. The van der Waals surface area contributed by atoms with E-state index in [0.717, 1.165) is 0 Å². The summed E-state index contributed by atoms with van der Waals surface area (Å²) in [5.41, 5.74) is 0. The van der Waals surface area contributed by atoms with Crippen LogP contribution in [0, 0.1) is 0 Å². The molecule has 2 rings (SSSR count). The number of aliphatic carboxylic acids is 1. The van der Waals surface area contributed by atoms with Crippen LogP contribution in [0.3, 0.4) is 0 Å². The molecule has 1 N–H and O–H groups in total. The molecule has 6 heteroatoms. The van der Waals surface area contributed by atoms with E-state index in [2.05, 4.69) is 0 Å². The van der Waals surface area contributed by atoms with Crippen LogP contribution in [-0.4, -0.2) is 40.0 Å². The minimum Gasteiger partial charge on any atom is -0.479 e. The molecular weight excluding hydrogens is 210 g/mol. The smallest absolute Gasteiger partial charge is 0.334 e. The molecule has 2 aliphatic heterocycles. The van der Waals surface area contributed by atoms with Gasteiger partial charge in [0.05, 0.1) is 6.42 Å². The second kappa shape index (κ2) is 3.16. The highest BCUT2D eigenvalue weighted by Crippen LogP contribution is 2.36. The van der Waals surface area contributed by atoms with Crippen molar-refractivity contribution in [3.63, 3.8) is 0 Å². The highest BCUT2D eigenvalue weighted by atomic mass is 35.5. The first-order valence-corrected chi connectivity index (χ1v) is 4.65. The lowest BCUT2D eigenvalue weighted by Crippen LogP contribution is -2.54. The van der Waals surface area contributed by atoms with E-state index in [1.807, 2.05) is 0 Å². The van der Waals surface area contributed by atoms with E-state index in [-0.39, 0.29) is 24.0 Å². The molecule has 14 heavy (non-hydrogen) atoms. The number of β-lactam (4-membered cyclic amide) rings is 1. The van der Waals surface area contributed by atoms with Crippen LogP contribution in [0.15, 0.2) is 11.8 Å². The van der Waals surface area contributed by atoms with Crippen LogP contribution in [0.5, 0.6) is 0 Å². The number of fused-ring (bicyclic) bond motifs is 1. The van der Waals surface area contributed by atoms with Crippen molar-refractivity contribution in [3.8, 4) is 0 Å². The Bertz CT molecular complexity index is 327. The van der Waals surface area contributed by atoms with Gasteiger partial charge in [-0.25, -0.2) is 4.79 Å². The zero-order chi connectivity index (χ0) is 10.3. The lowest BCUT2D eigenvalue weighted by Gasteiger charge is -2.33. The number of halogens is 1. The summed E-state index contributed by atoms with van der Waals surface area (Å²) in [6.45, 7) is 0. The molecule has 5 nitrogen and oxygen atoms in total. The fourth-order valence-electron chi connectivity index (χ4n) is 1.65. The van der Waals surface area contributed by atoms with Crippen molar-refractivity contribution in [3.05, 3.63) is 11.8 Å². The first kappa shape index (κ1) is 9.33. The van der Waals surface area contributed by atoms with Crippen LogP contribution in [0.2, 0.25) is 0 Å². The highest BCUT2D eigenvalue weighted by Gasteiger charge is 2.53. The molecular formula is C8H8ClNO4. The van der Waals surface area contributed by atoms with Crippen LogP contribution >= 0.6 is 11.6 Å². The SMILES string of the molecule is O=C(O)[C@H]1/C(=C/CCl)O[C@@H]2CC(=O)N21. The monoisotopic (exact) mass is 217 g/mol. The molecule has 2 heterocycles. The zero-order valence-electron chi connectivity index (χ0n) is 7.14. The topological polar surface area (TPSA) is 66.8 Å². The van der Waals surface area contributed by atoms with Gasteiger partial charge in [-0.15, -0.1) is 11.6 Å². The summed E-state index contributed by atoms with van der Waals surface area (Å²) in [6.07, 6.45) is 1.33. The predicted molar refractivity (Wildman–Crippen MR) is 46.6 cm³/mol. The van der Waals surface area contributed by atoms with Gasteiger partial charge in [0.15, 0.2) is 12.3 Å². The van der Waals surface area contributed by atoms with Gasteiger partial charge < -0.3 is 9.84 Å². The quantitative estimate of drug-likeness (QED) is 0.528. The van der Waals surface area contributed by atoms with Crippen molar-refractivity contribution >= 4 is 23.5 Å². The minimum absolute atomic E-state index is 0.174. The van der Waals surface area contributed by atoms with Gasteiger partial charge in [-0.05, 0) is 6.08 Å². The Labute approximate surface area is 84.9 Å². The van der Waals surface area contributed by atoms with Crippen molar-refractivity contribution in [2.45, 2.75) is 18.7 Å². The third-order valence-corrected chi connectivity index (χ3v) is 2.43. The van der Waals surface area contributed by atoms with Gasteiger partial charge in [-0.1, -0.05) is 0 Å². The molecule has 0 aromatic heterocycles. The molecule has 2 saturated heterocycles. The maximum atomic E-state index is 11.1. The number of allylic oxidation sites excluding steroid dienone is 1. The number of carboxylic acids is 1. The largest absolute Gasteiger partial charge is 0.479 e. The molecule has 2 fully saturated rings. The third-order valence-electron chi connectivity index (χ3n) is 2.28. The molecule has 0 unspecified atom stereocenters. The maximum Gasteiger partial charge on any atom is 0.334 e. The Kier molecular flexibility index (Phi) is 2.11. The highest BCUT2D eigenvalue weighted by molar-refractivity contribution is 6.19. The van der Waals surface area contributed by atoms with Crippen molar-refractivity contribution < 1.29 is 19.4 Å². The fraction of sp³-hybridized carbons (Fsp3) is 0.500. The Morgan fingerprint density at radius 2 is 2.50 bits per heavy atom. The Hall–Kier alpha value is -1.23. The van der Waals surface area contributed by atoms with Gasteiger partial charge >= 0.3 is 5.97 Å². The standard InChI is InChI=1S/C8H8ClNO4/c9-2-1-4-7(8(12)13)10-5(11)3-6(10)14-4/h1,6-7H,2-3H2,(H,12,13)/b4-1-/t6-,7-/m1/s1. The van der Waals surface area contributed by atoms with Gasteiger partial charge in [-0.3, -0.25) is 9.69 Å². The summed E-state index contributed by atoms with van der Waals surface area (Å²) in [5, 5.41) is 8.89. The molecule has 0 aromatic carbocycles. The molecule has 1 amide bonds. The first-order chi connectivity index (χ1) is 6.65. The number of ether oxygens (including phenoxy) is 1. The number of carbonyl (C=O) groups is 2. The van der Waals surface area contributed by atoms with Crippen LogP contribution in [0.4, 0.5) is 0 Å². The molecule has 0 aromatic rings. The molecule has 0 spiro atoms. The molecule has 0 bridgehead atoms. The van der Waals surface area contributed by atoms with E-state index < -0.39 is 18.2 Å². The first-order valence-electron chi connectivity index (χ1n) is 4.12. The summed E-state index contributed by atoms with van der Waals surface area (Å²) >= 11 is 5.45. The Balaban J connectivity index is 2.26. The van der Waals surface area contributed by atoms with E-state index in [9.17, 15) is 9.59 Å². The van der Waals surface area contributed by atoms with Gasteiger partial charge in [-0.2, -0.15) is 0 Å². The zero-order valence-corrected chi connectivity index (χ0v) is 7.90. The number of rotatable bonds is 2. The molecule has 0 aliphatic carbocycles. The van der Waals surface area contributed by atoms with Crippen molar-refractivity contribution in [1.82, 2.24) is 4.90 Å². The van der Waals surface area contributed by atoms with Crippen LogP contribution in [0.25, 0.3) is 0 Å². The average molecular weight is 218 g/mol. The van der Waals surface area contributed by atoms with E-state index in [1.54, 1.807) is 0 Å². The lowest BCUT2D eigenvalue weighted by molar-refractivity contribution is -0.163. The molecule has 0 saturated carbocycles. The normalized spacial score (nSPS) is 32.5. The molecule has 2 atom stereocenters. The summed E-state index contributed by atoms with van der Waals surface area (Å²) in [5.74, 6) is -0.839. The second-order valence-corrected chi connectivity index (χ2v) is 3.39. The summed E-state index contributed by atoms with van der Waals surface area (Å²) in [6, 6.07) is -0.986. The van der Waals surface area contributed by atoms with E-state index in [1.165, 1.54) is 11.0 Å². The number of hydrogen-bond acceptors (Lipinski definition) is 3. The summed E-state index contributed by atoms with van der Waals surface area (Å²) < 4.78 is 5.25. The summed E-state index contributed by atoms with van der Waals surface area (Å²) in [7, 11) is 0. The van der Waals surface area contributed by atoms with Crippen molar-refractivity contribution in [2.24, 2.45) is 0 Å². The number of carbonyl (C=O) groups excluding carboxylic acids is 1. The number of hydrogen-bond donors (Lipinski definition) is 1. The average Bonchev–Trinajstić information content (AvgIpc) is 2.39. The molecule has 2 aliphatic rings. The second-order valence-electron chi connectivity index (χ2n) is 3.08. The van der Waals surface area contributed by atoms with Gasteiger partial charge in [0, 0.05) is 5.88 Å². The Morgan fingerprint density at radius 1 is 1.79 bits per heavy atom. The number of amides is 1. The van der Waals surface area contributed by atoms with Gasteiger partial charge in [0.1, 0.15) is 5.76 Å². The predicted octanol–water partition coefficient (Wildman–Crippen LogP) is 0.151. The van der Waals surface area contributed by atoms with Gasteiger partial charge in [0.2, 0.25) is 5.91 Å². The number of alkyl halides is 1. The van der Waals surface area contributed by atoms with E-state index in [0.29, 0.717) is 0 Å². The van der Waals surface area contributed by atoms with Crippen LogP contribution < -0.4 is 0 Å². The minimum atomic E-state index is -1.09. The molecule has 76 valence electrons. The Morgan fingerprint density at radius 3 is 3.00 bits per heavy atom. The van der Waals surface area contributed by atoms with Crippen molar-refractivity contribution in [1.29, 1.82) is 0 Å². The van der Waals surface area contributed by atoms with Crippen molar-refractivity contribution in [2.75, 3.05) is 5.88 Å². The fourth-order valence-corrected chi connectivity index (χ4v) is 1.80. The van der Waals surface area contributed by atoms with Crippen LogP contribution in [-0.2, 0) is 14.3 Å².